The molecule has 0 bridgehead atoms. The number of halogens is 3. The van der Waals surface area contributed by atoms with Gasteiger partial charge in [0.1, 0.15) is 19.3 Å². The molecule has 1 saturated heterocycles. The Morgan fingerprint density at radius 1 is 1.16 bits per heavy atom. The third-order valence-corrected chi connectivity index (χ3v) is 4.23. The van der Waals surface area contributed by atoms with E-state index < -0.39 is 11.7 Å². The molecule has 2 rings (SSSR count). The van der Waals surface area contributed by atoms with Gasteiger partial charge in [-0.25, -0.2) is 0 Å². The molecule has 1 aliphatic heterocycles. The number of aromatic hydroxyl groups is 1. The highest BCUT2D eigenvalue weighted by Crippen LogP contribution is 2.38. The lowest BCUT2D eigenvalue weighted by atomic mass is 9.88. The zero-order valence-corrected chi connectivity index (χ0v) is 14.9. The Kier molecular flexibility index (Phi) is 6.35. The number of piperidine rings is 1. The average Bonchev–Trinajstić information content (AvgIpc) is 2.50. The summed E-state index contributed by atoms with van der Waals surface area (Å²) < 4.78 is 49.0. The molecule has 7 heteroatoms. The molecule has 1 fully saturated rings. The molecule has 4 nitrogen and oxygen atoms in total. The second-order valence-electron chi connectivity index (χ2n) is 7.37. The first kappa shape index (κ1) is 20.0. The third kappa shape index (κ3) is 6.17. The Hall–Kier alpha value is -1.31. The molecule has 1 heterocycles. The Bertz CT molecular complexity index is 562. The number of ether oxygens (including phenoxy) is 2. The van der Waals surface area contributed by atoms with E-state index in [1.807, 2.05) is 20.8 Å². The molecule has 25 heavy (non-hydrogen) atoms. The summed E-state index contributed by atoms with van der Waals surface area (Å²) in [6.07, 6.45) is -2.91. The standard InChI is InChI=1S/C18H26F3NO3/c1-17(2,3)25-12-24-11-22-8-6-13(7-9-22)15-5-4-14(10-16(15)23)18(19,20)21/h4-5,10,13,23H,6-9,11-12H2,1-3H3. The van der Waals surface area contributed by atoms with Gasteiger partial charge in [-0.3, -0.25) is 4.90 Å². The Labute approximate surface area is 146 Å². The summed E-state index contributed by atoms with van der Waals surface area (Å²) in [5.41, 5.74) is -0.476. The van der Waals surface area contributed by atoms with Crippen molar-refractivity contribution in [2.75, 3.05) is 26.6 Å². The van der Waals surface area contributed by atoms with Gasteiger partial charge in [0.05, 0.1) is 11.2 Å². The number of benzene rings is 1. The van der Waals surface area contributed by atoms with Crippen LogP contribution in [0.4, 0.5) is 13.2 Å². The van der Waals surface area contributed by atoms with Gasteiger partial charge in [-0.05, 0) is 57.2 Å². The second kappa shape index (κ2) is 7.93. The van der Waals surface area contributed by atoms with Crippen LogP contribution in [0.2, 0.25) is 0 Å². The van der Waals surface area contributed by atoms with Gasteiger partial charge in [0.15, 0.2) is 0 Å². The molecule has 0 amide bonds. The van der Waals surface area contributed by atoms with E-state index in [1.54, 1.807) is 0 Å². The molecule has 1 N–H and O–H groups in total. The molecule has 0 aromatic heterocycles. The van der Waals surface area contributed by atoms with Crippen LogP contribution in [-0.2, 0) is 15.7 Å². The Balaban J connectivity index is 1.82. The van der Waals surface area contributed by atoms with E-state index >= 15 is 0 Å². The quantitative estimate of drug-likeness (QED) is 0.626. The lowest BCUT2D eigenvalue weighted by molar-refractivity contribution is -0.142. The number of phenolic OH excluding ortho intramolecular Hbond substituents is 1. The normalized spacial score (nSPS) is 17.8. The monoisotopic (exact) mass is 361 g/mol. The van der Waals surface area contributed by atoms with Crippen molar-refractivity contribution in [1.82, 2.24) is 4.90 Å². The molecule has 0 unspecified atom stereocenters. The van der Waals surface area contributed by atoms with Gasteiger partial charge in [-0.15, -0.1) is 0 Å². The van der Waals surface area contributed by atoms with Crippen LogP contribution in [-0.4, -0.2) is 42.2 Å². The highest BCUT2D eigenvalue weighted by atomic mass is 19.4. The largest absolute Gasteiger partial charge is 0.508 e. The van der Waals surface area contributed by atoms with Crippen molar-refractivity contribution in [2.24, 2.45) is 0 Å². The summed E-state index contributed by atoms with van der Waals surface area (Å²) in [4.78, 5) is 2.13. The number of rotatable bonds is 5. The maximum absolute atomic E-state index is 12.7. The molecule has 0 radical (unpaired) electrons. The van der Waals surface area contributed by atoms with Crippen molar-refractivity contribution in [1.29, 1.82) is 0 Å². The topological polar surface area (TPSA) is 41.9 Å². The molecule has 0 saturated carbocycles. The maximum atomic E-state index is 12.7. The summed E-state index contributed by atoms with van der Waals surface area (Å²) in [6, 6.07) is 3.25. The van der Waals surface area contributed by atoms with E-state index in [0.717, 1.165) is 38.1 Å². The van der Waals surface area contributed by atoms with Crippen LogP contribution in [0.5, 0.6) is 5.75 Å². The minimum absolute atomic E-state index is 0.0596. The average molecular weight is 361 g/mol. The fourth-order valence-electron chi connectivity index (χ4n) is 2.82. The summed E-state index contributed by atoms with van der Waals surface area (Å²) in [6.45, 7) is 8.08. The van der Waals surface area contributed by atoms with E-state index in [9.17, 15) is 18.3 Å². The first-order valence-corrected chi connectivity index (χ1v) is 8.40. The van der Waals surface area contributed by atoms with Crippen molar-refractivity contribution in [3.05, 3.63) is 29.3 Å². The van der Waals surface area contributed by atoms with Crippen LogP contribution in [0.1, 0.15) is 50.7 Å². The van der Waals surface area contributed by atoms with Crippen LogP contribution in [0.3, 0.4) is 0 Å². The predicted octanol–water partition coefficient (Wildman–Crippen LogP) is 4.34. The zero-order valence-electron chi connectivity index (χ0n) is 14.9. The van der Waals surface area contributed by atoms with E-state index in [2.05, 4.69) is 4.90 Å². The molecule has 0 spiro atoms. The van der Waals surface area contributed by atoms with E-state index in [0.29, 0.717) is 12.3 Å². The second-order valence-corrected chi connectivity index (χ2v) is 7.37. The van der Waals surface area contributed by atoms with Crippen LogP contribution in [0, 0.1) is 0 Å². The summed E-state index contributed by atoms with van der Waals surface area (Å²) in [7, 11) is 0. The van der Waals surface area contributed by atoms with Gasteiger partial charge in [-0.1, -0.05) is 6.07 Å². The minimum atomic E-state index is -4.44. The van der Waals surface area contributed by atoms with Gasteiger partial charge >= 0.3 is 6.18 Å². The Morgan fingerprint density at radius 2 is 1.80 bits per heavy atom. The third-order valence-electron chi connectivity index (χ3n) is 4.23. The molecular weight excluding hydrogens is 335 g/mol. The van der Waals surface area contributed by atoms with Crippen molar-refractivity contribution in [3.63, 3.8) is 0 Å². The fraction of sp³-hybridized carbons (Fsp3) is 0.667. The van der Waals surface area contributed by atoms with Gasteiger partial charge < -0.3 is 14.6 Å². The summed E-state index contributed by atoms with van der Waals surface area (Å²) in [5.74, 6) is -0.215. The highest BCUT2D eigenvalue weighted by Gasteiger charge is 2.32. The van der Waals surface area contributed by atoms with Crippen LogP contribution < -0.4 is 0 Å². The van der Waals surface area contributed by atoms with Crippen molar-refractivity contribution < 1.29 is 27.8 Å². The van der Waals surface area contributed by atoms with E-state index in [-0.39, 0.29) is 24.1 Å². The number of nitrogens with zero attached hydrogens (tertiary/aromatic N) is 1. The molecule has 142 valence electrons. The molecule has 1 aromatic carbocycles. The van der Waals surface area contributed by atoms with E-state index in [4.69, 9.17) is 9.47 Å². The van der Waals surface area contributed by atoms with Crippen molar-refractivity contribution in [3.8, 4) is 5.75 Å². The lowest BCUT2D eigenvalue weighted by Gasteiger charge is -2.32. The minimum Gasteiger partial charge on any atom is -0.508 e. The molecular formula is C18H26F3NO3. The highest BCUT2D eigenvalue weighted by molar-refractivity contribution is 5.40. The summed E-state index contributed by atoms with van der Waals surface area (Å²) in [5, 5.41) is 9.97. The Morgan fingerprint density at radius 3 is 2.32 bits per heavy atom. The van der Waals surface area contributed by atoms with Gasteiger partial charge in [0.2, 0.25) is 0 Å². The number of alkyl halides is 3. The smallest absolute Gasteiger partial charge is 0.416 e. The van der Waals surface area contributed by atoms with Crippen LogP contribution in [0.25, 0.3) is 0 Å². The number of hydrogen-bond acceptors (Lipinski definition) is 4. The zero-order chi connectivity index (χ0) is 18.7. The number of phenols is 1. The van der Waals surface area contributed by atoms with Crippen LogP contribution in [0.15, 0.2) is 18.2 Å². The van der Waals surface area contributed by atoms with E-state index in [1.165, 1.54) is 6.07 Å². The van der Waals surface area contributed by atoms with Gasteiger partial charge in [0, 0.05) is 13.1 Å². The lowest BCUT2D eigenvalue weighted by Crippen LogP contribution is -2.35. The molecule has 1 aliphatic rings. The number of hydrogen-bond donors (Lipinski definition) is 1. The molecule has 1 aromatic rings. The predicted molar refractivity (Wildman–Crippen MR) is 88.3 cm³/mol. The molecule has 0 aliphatic carbocycles. The number of likely N-dealkylation sites (tertiary alicyclic amines) is 1. The summed E-state index contributed by atoms with van der Waals surface area (Å²) >= 11 is 0. The van der Waals surface area contributed by atoms with Crippen molar-refractivity contribution >= 4 is 0 Å². The van der Waals surface area contributed by atoms with Gasteiger partial charge in [0.25, 0.3) is 0 Å². The first-order valence-electron chi connectivity index (χ1n) is 8.40. The maximum Gasteiger partial charge on any atom is 0.416 e. The van der Waals surface area contributed by atoms with Crippen molar-refractivity contribution in [2.45, 2.75) is 51.3 Å². The van der Waals surface area contributed by atoms with Gasteiger partial charge in [-0.2, -0.15) is 13.2 Å². The fourth-order valence-corrected chi connectivity index (χ4v) is 2.82. The molecule has 0 atom stereocenters. The van der Waals surface area contributed by atoms with Crippen LogP contribution >= 0.6 is 0 Å². The first-order chi connectivity index (χ1) is 11.6. The SMILES string of the molecule is CC(C)(C)OCOCN1CCC(c2ccc(C(F)(F)F)cc2O)CC1.